The van der Waals surface area contributed by atoms with Crippen molar-refractivity contribution in [1.82, 2.24) is 14.5 Å². The van der Waals surface area contributed by atoms with E-state index in [-0.39, 0.29) is 11.4 Å². The van der Waals surface area contributed by atoms with Crippen LogP contribution in [0.4, 0.5) is 0 Å². The second kappa shape index (κ2) is 9.27. The number of aliphatic hydroxyl groups is 1. The Morgan fingerprint density at radius 3 is 2.69 bits per heavy atom. The molecule has 0 bridgehead atoms. The molecule has 9 heteroatoms. The molecule has 8 nitrogen and oxygen atoms in total. The molecule has 0 aliphatic carbocycles. The fraction of sp³-hybridized carbons (Fsp3) is 0.261. The monoisotopic (exact) mass is 453 g/mol. The molecule has 0 saturated carbocycles. The van der Waals surface area contributed by atoms with Crippen molar-refractivity contribution in [2.45, 2.75) is 19.0 Å². The Morgan fingerprint density at radius 2 is 2.03 bits per heavy atom. The fourth-order valence-corrected chi connectivity index (χ4v) is 4.63. The Morgan fingerprint density at radius 1 is 1.19 bits per heavy atom. The average molecular weight is 454 g/mol. The summed E-state index contributed by atoms with van der Waals surface area (Å²) < 4.78 is 12.9. The highest BCUT2D eigenvalue weighted by Crippen LogP contribution is 2.45. The smallest absolute Gasteiger partial charge is 0.290 e. The van der Waals surface area contributed by atoms with Crippen LogP contribution < -0.4 is 9.47 Å². The summed E-state index contributed by atoms with van der Waals surface area (Å²) in [5, 5.41) is 12.6. The van der Waals surface area contributed by atoms with E-state index in [9.17, 15) is 14.7 Å². The van der Waals surface area contributed by atoms with Crippen LogP contribution in [0.3, 0.4) is 0 Å². The van der Waals surface area contributed by atoms with E-state index in [2.05, 4.69) is 4.98 Å². The van der Waals surface area contributed by atoms with E-state index in [1.807, 2.05) is 10.8 Å². The SMILES string of the molecule is COc1cccc([C@@H]2C(C(=O)c3cccs3)=C(O)C(=O)N2CCCn2ccnc2)c1OC. The van der Waals surface area contributed by atoms with Crippen molar-refractivity contribution in [1.29, 1.82) is 0 Å². The lowest BCUT2D eigenvalue weighted by atomic mass is 9.94. The molecule has 0 spiro atoms. The van der Waals surface area contributed by atoms with Gasteiger partial charge in [-0.2, -0.15) is 0 Å². The van der Waals surface area contributed by atoms with Gasteiger partial charge in [0.25, 0.3) is 5.91 Å². The number of aromatic nitrogens is 2. The van der Waals surface area contributed by atoms with Crippen molar-refractivity contribution < 1.29 is 24.2 Å². The van der Waals surface area contributed by atoms with E-state index in [1.54, 1.807) is 48.2 Å². The molecule has 0 fully saturated rings. The predicted molar refractivity (Wildman–Crippen MR) is 119 cm³/mol. The molecule has 0 unspecified atom stereocenters. The zero-order valence-electron chi connectivity index (χ0n) is 17.7. The number of para-hydroxylation sites is 1. The third-order valence-corrected chi connectivity index (χ3v) is 6.26. The summed E-state index contributed by atoms with van der Waals surface area (Å²) in [4.78, 5) is 32.4. The summed E-state index contributed by atoms with van der Waals surface area (Å²) in [5.74, 6) is -0.590. The summed E-state index contributed by atoms with van der Waals surface area (Å²) in [6, 6.07) is 7.93. The number of ketones is 1. The van der Waals surface area contributed by atoms with Crippen molar-refractivity contribution >= 4 is 23.0 Å². The zero-order valence-corrected chi connectivity index (χ0v) is 18.5. The molecule has 2 aromatic heterocycles. The first-order valence-electron chi connectivity index (χ1n) is 10.1. The number of rotatable bonds is 9. The quantitative estimate of drug-likeness (QED) is 0.497. The van der Waals surface area contributed by atoms with Gasteiger partial charge >= 0.3 is 0 Å². The largest absolute Gasteiger partial charge is 0.503 e. The normalized spacial score (nSPS) is 16.0. The Labute approximate surface area is 189 Å². The van der Waals surface area contributed by atoms with E-state index in [1.165, 1.54) is 30.5 Å². The maximum atomic E-state index is 13.3. The van der Waals surface area contributed by atoms with Crippen LogP contribution in [0, 0.1) is 0 Å². The average Bonchev–Trinajstić information content (AvgIpc) is 3.57. The van der Waals surface area contributed by atoms with Gasteiger partial charge in [0.05, 0.1) is 37.0 Å². The number of aryl methyl sites for hydroxylation is 1. The maximum Gasteiger partial charge on any atom is 0.290 e. The van der Waals surface area contributed by atoms with Gasteiger partial charge in [-0.15, -0.1) is 11.3 Å². The molecule has 1 aromatic carbocycles. The molecular formula is C23H23N3O5S. The molecule has 1 amide bonds. The van der Waals surface area contributed by atoms with Gasteiger partial charge in [0.15, 0.2) is 17.3 Å². The Balaban J connectivity index is 1.75. The van der Waals surface area contributed by atoms with Crippen LogP contribution in [0.5, 0.6) is 11.5 Å². The van der Waals surface area contributed by atoms with E-state index < -0.39 is 17.7 Å². The number of Topliss-reactive ketones (excluding diaryl/α,β-unsaturated/α-hetero) is 1. The maximum absolute atomic E-state index is 13.3. The first kappa shape index (κ1) is 21.6. The fourth-order valence-electron chi connectivity index (χ4n) is 3.95. The van der Waals surface area contributed by atoms with Gasteiger partial charge in [0.2, 0.25) is 5.78 Å². The minimum absolute atomic E-state index is 0.0478. The zero-order chi connectivity index (χ0) is 22.7. The van der Waals surface area contributed by atoms with E-state index in [0.29, 0.717) is 41.4 Å². The number of ether oxygens (including phenoxy) is 2. The second-order valence-corrected chi connectivity index (χ2v) is 8.15. The lowest BCUT2D eigenvalue weighted by Gasteiger charge is -2.28. The molecule has 3 heterocycles. The summed E-state index contributed by atoms with van der Waals surface area (Å²) in [5.41, 5.74) is 0.624. The van der Waals surface area contributed by atoms with Crippen LogP contribution in [0.15, 0.2) is 65.8 Å². The first-order chi connectivity index (χ1) is 15.6. The Hall–Kier alpha value is -3.59. The summed E-state index contributed by atoms with van der Waals surface area (Å²) >= 11 is 1.26. The molecule has 1 aliphatic heterocycles. The standard InChI is InChI=1S/C23H23N3O5S/c1-30-16-7-3-6-15(22(16)31-2)19-18(20(27)17-8-4-13-32-17)21(28)23(29)26(19)11-5-10-25-12-9-24-14-25/h3-4,6-9,12-14,19,28H,5,10-11H2,1-2H3/t19-/m1/s1. The van der Waals surface area contributed by atoms with E-state index in [0.717, 1.165) is 0 Å². The van der Waals surface area contributed by atoms with Crippen molar-refractivity contribution in [2.75, 3.05) is 20.8 Å². The van der Waals surface area contributed by atoms with Crippen molar-refractivity contribution in [3.05, 3.63) is 76.2 Å². The number of carbonyl (C=O) groups excluding carboxylic acids is 2. The van der Waals surface area contributed by atoms with Crippen molar-refractivity contribution in [3.63, 3.8) is 0 Å². The van der Waals surface area contributed by atoms with Crippen LogP contribution in [0.2, 0.25) is 0 Å². The molecule has 1 aliphatic rings. The van der Waals surface area contributed by atoms with Gasteiger partial charge in [0, 0.05) is 31.0 Å². The number of nitrogens with zero attached hydrogens (tertiary/aromatic N) is 3. The van der Waals surface area contributed by atoms with Crippen LogP contribution >= 0.6 is 11.3 Å². The van der Waals surface area contributed by atoms with Crippen LogP contribution in [0.1, 0.15) is 27.7 Å². The first-order valence-corrected chi connectivity index (χ1v) is 10.9. The van der Waals surface area contributed by atoms with E-state index >= 15 is 0 Å². The van der Waals surface area contributed by atoms with Crippen molar-refractivity contribution in [2.24, 2.45) is 0 Å². The lowest BCUT2D eigenvalue weighted by Crippen LogP contribution is -2.32. The van der Waals surface area contributed by atoms with Crippen LogP contribution in [-0.2, 0) is 11.3 Å². The van der Waals surface area contributed by atoms with Crippen LogP contribution in [-0.4, -0.2) is 52.0 Å². The van der Waals surface area contributed by atoms with Crippen molar-refractivity contribution in [3.8, 4) is 11.5 Å². The number of amides is 1. The van der Waals surface area contributed by atoms with Gasteiger partial charge in [0.1, 0.15) is 0 Å². The Kier molecular flexibility index (Phi) is 6.27. The topological polar surface area (TPSA) is 93.9 Å². The second-order valence-electron chi connectivity index (χ2n) is 7.21. The molecule has 32 heavy (non-hydrogen) atoms. The minimum Gasteiger partial charge on any atom is -0.503 e. The number of thiophene rings is 1. The molecule has 1 atom stereocenters. The van der Waals surface area contributed by atoms with Crippen LogP contribution in [0.25, 0.3) is 0 Å². The number of benzene rings is 1. The van der Waals surface area contributed by atoms with Gasteiger partial charge in [-0.3, -0.25) is 9.59 Å². The summed E-state index contributed by atoms with van der Waals surface area (Å²) in [6.45, 7) is 0.966. The number of aliphatic hydroxyl groups excluding tert-OH is 1. The third kappa shape index (κ3) is 3.87. The van der Waals surface area contributed by atoms with Gasteiger partial charge in [-0.1, -0.05) is 18.2 Å². The Bertz CT molecular complexity index is 1140. The number of hydrogen-bond donors (Lipinski definition) is 1. The molecule has 166 valence electrons. The number of hydrogen-bond acceptors (Lipinski definition) is 7. The molecule has 1 N–H and O–H groups in total. The lowest BCUT2D eigenvalue weighted by molar-refractivity contribution is -0.129. The number of imidazole rings is 1. The summed E-state index contributed by atoms with van der Waals surface area (Å²) in [7, 11) is 3.03. The highest BCUT2D eigenvalue weighted by atomic mass is 32.1. The van der Waals surface area contributed by atoms with Gasteiger partial charge in [-0.05, 0) is 23.9 Å². The highest BCUT2D eigenvalue weighted by molar-refractivity contribution is 7.12. The minimum atomic E-state index is -0.801. The van der Waals surface area contributed by atoms with Gasteiger partial charge < -0.3 is 24.0 Å². The predicted octanol–water partition coefficient (Wildman–Crippen LogP) is 3.63. The number of methoxy groups -OCH3 is 2. The molecule has 0 saturated heterocycles. The molecule has 3 aromatic rings. The molecule has 4 rings (SSSR count). The third-order valence-electron chi connectivity index (χ3n) is 5.40. The van der Waals surface area contributed by atoms with Gasteiger partial charge in [-0.25, -0.2) is 4.98 Å². The highest BCUT2D eigenvalue weighted by Gasteiger charge is 2.45. The van der Waals surface area contributed by atoms with E-state index in [4.69, 9.17) is 9.47 Å². The summed E-state index contributed by atoms with van der Waals surface area (Å²) in [6.07, 6.45) is 5.85. The number of carbonyl (C=O) groups is 2. The molecular weight excluding hydrogens is 430 g/mol. The molecule has 0 radical (unpaired) electrons.